The molecule has 28 heavy (non-hydrogen) atoms. The first kappa shape index (κ1) is 20.2. The van der Waals surface area contributed by atoms with Crippen molar-refractivity contribution in [1.29, 1.82) is 0 Å². The van der Waals surface area contributed by atoms with E-state index in [2.05, 4.69) is 16.9 Å². The summed E-state index contributed by atoms with van der Waals surface area (Å²) in [6.07, 6.45) is 1.70. The van der Waals surface area contributed by atoms with Crippen LogP contribution in [0, 0.1) is 6.92 Å². The van der Waals surface area contributed by atoms with E-state index in [1.54, 1.807) is 29.2 Å². The van der Waals surface area contributed by atoms with Crippen LogP contribution in [0.25, 0.3) is 0 Å². The Morgan fingerprint density at radius 1 is 1.29 bits per heavy atom. The number of amides is 2. The number of hydrogen-bond donors (Lipinski definition) is 1. The highest BCUT2D eigenvalue weighted by Crippen LogP contribution is 2.32. The lowest BCUT2D eigenvalue weighted by atomic mass is 10.2. The van der Waals surface area contributed by atoms with Crippen LogP contribution in [0.3, 0.4) is 0 Å². The second kappa shape index (κ2) is 9.08. The molecule has 1 fully saturated rings. The lowest BCUT2D eigenvalue weighted by molar-refractivity contribution is -0.127. The van der Waals surface area contributed by atoms with Crippen molar-refractivity contribution in [3.63, 3.8) is 0 Å². The van der Waals surface area contributed by atoms with Crippen LogP contribution in [0.1, 0.15) is 12.0 Å². The van der Waals surface area contributed by atoms with Crippen molar-refractivity contribution in [2.24, 2.45) is 4.99 Å². The monoisotopic (exact) mass is 413 g/mol. The number of nitrogens with one attached hydrogen (secondary N) is 1. The van der Waals surface area contributed by atoms with Gasteiger partial charge in [0.25, 0.3) is 0 Å². The second-order valence-electron chi connectivity index (χ2n) is 6.24. The Kier molecular flexibility index (Phi) is 6.54. The third kappa shape index (κ3) is 4.64. The third-order valence-electron chi connectivity index (χ3n) is 4.23. The van der Waals surface area contributed by atoms with Crippen molar-refractivity contribution < 1.29 is 9.59 Å². The topological polar surface area (TPSA) is 61.8 Å². The molecule has 7 heteroatoms. The Morgan fingerprint density at radius 2 is 2.04 bits per heavy atom. The molecule has 0 aliphatic carbocycles. The molecule has 2 aromatic rings. The smallest absolute Gasteiger partial charge is 0.242 e. The van der Waals surface area contributed by atoms with Gasteiger partial charge in [0, 0.05) is 23.7 Å². The Balaban J connectivity index is 1.74. The summed E-state index contributed by atoms with van der Waals surface area (Å²) < 4.78 is 0. The zero-order chi connectivity index (χ0) is 20.1. The number of carbonyl (C=O) groups is 2. The van der Waals surface area contributed by atoms with Crippen LogP contribution in [-0.2, 0) is 9.59 Å². The molecule has 5 nitrogen and oxygen atoms in total. The van der Waals surface area contributed by atoms with Crippen LogP contribution >= 0.6 is 23.4 Å². The third-order valence-corrected chi connectivity index (χ3v) is 5.81. The fourth-order valence-corrected chi connectivity index (χ4v) is 4.09. The minimum atomic E-state index is -0.526. The van der Waals surface area contributed by atoms with Gasteiger partial charge in [0.15, 0.2) is 5.17 Å². The van der Waals surface area contributed by atoms with Gasteiger partial charge in [-0.25, -0.2) is 4.99 Å². The normalized spacial score (nSPS) is 17.8. The van der Waals surface area contributed by atoms with Crippen molar-refractivity contribution >= 4 is 51.7 Å². The molecule has 1 saturated heterocycles. The van der Waals surface area contributed by atoms with Gasteiger partial charge in [0.1, 0.15) is 5.25 Å². The molecule has 0 spiro atoms. The molecule has 1 heterocycles. The summed E-state index contributed by atoms with van der Waals surface area (Å²) in [5.41, 5.74) is 2.20. The van der Waals surface area contributed by atoms with Crippen molar-refractivity contribution in [3.8, 4) is 0 Å². The molecule has 0 aromatic heterocycles. The maximum Gasteiger partial charge on any atom is 0.242 e. The summed E-state index contributed by atoms with van der Waals surface area (Å²) in [6, 6.07) is 14.7. The average molecular weight is 414 g/mol. The molecule has 1 atom stereocenters. The molecule has 1 aliphatic heterocycles. The minimum absolute atomic E-state index is 0.0525. The van der Waals surface area contributed by atoms with Gasteiger partial charge in [0.2, 0.25) is 11.8 Å². The first-order valence-corrected chi connectivity index (χ1v) is 10.0. The van der Waals surface area contributed by atoms with Gasteiger partial charge in [-0.3, -0.25) is 14.5 Å². The number of thioether (sulfide) groups is 1. The molecule has 144 valence electrons. The van der Waals surface area contributed by atoms with E-state index in [4.69, 9.17) is 11.6 Å². The van der Waals surface area contributed by atoms with Gasteiger partial charge in [-0.1, -0.05) is 53.7 Å². The number of hydrogen-bond acceptors (Lipinski definition) is 4. The molecule has 1 N–H and O–H groups in total. The Hall–Kier alpha value is -2.57. The largest absolute Gasteiger partial charge is 0.326 e. The highest BCUT2D eigenvalue weighted by Gasteiger charge is 2.38. The molecule has 0 saturated carbocycles. The van der Waals surface area contributed by atoms with Crippen molar-refractivity contribution in [1.82, 2.24) is 4.90 Å². The number of rotatable bonds is 6. The van der Waals surface area contributed by atoms with Gasteiger partial charge < -0.3 is 5.32 Å². The molecule has 0 bridgehead atoms. The number of benzene rings is 2. The molecule has 0 radical (unpaired) electrons. The van der Waals surface area contributed by atoms with E-state index in [1.807, 2.05) is 37.3 Å². The van der Waals surface area contributed by atoms with Crippen LogP contribution in [0.4, 0.5) is 11.4 Å². The van der Waals surface area contributed by atoms with Crippen molar-refractivity contribution in [2.45, 2.75) is 18.6 Å². The maximum absolute atomic E-state index is 12.8. The van der Waals surface area contributed by atoms with Crippen LogP contribution in [-0.4, -0.2) is 33.7 Å². The Labute approximate surface area is 173 Å². The predicted octanol–water partition coefficient (Wildman–Crippen LogP) is 4.79. The highest BCUT2D eigenvalue weighted by molar-refractivity contribution is 8.15. The lowest BCUT2D eigenvalue weighted by Crippen LogP contribution is -2.33. The van der Waals surface area contributed by atoms with Crippen molar-refractivity contribution in [2.75, 3.05) is 11.9 Å². The number of anilines is 1. The first-order valence-electron chi connectivity index (χ1n) is 8.77. The quantitative estimate of drug-likeness (QED) is 0.692. The van der Waals surface area contributed by atoms with Gasteiger partial charge >= 0.3 is 0 Å². The summed E-state index contributed by atoms with van der Waals surface area (Å²) in [7, 11) is 0. The summed E-state index contributed by atoms with van der Waals surface area (Å²) >= 11 is 7.40. The van der Waals surface area contributed by atoms with Crippen LogP contribution in [0.2, 0.25) is 5.02 Å². The SMILES string of the molecule is C=CCN1C(=O)C(CC(=O)Nc2cccc(Cl)c2C)SC1=Nc1ccccc1. The number of carbonyl (C=O) groups excluding carboxylic acids is 2. The first-order chi connectivity index (χ1) is 13.5. The number of amidine groups is 1. The number of aliphatic imine (C=N–C) groups is 1. The predicted molar refractivity (Wildman–Crippen MR) is 116 cm³/mol. The van der Waals surface area contributed by atoms with Gasteiger partial charge in [-0.2, -0.15) is 0 Å². The Morgan fingerprint density at radius 3 is 2.75 bits per heavy atom. The molecule has 2 aromatic carbocycles. The number of halogens is 1. The van der Waals surface area contributed by atoms with E-state index in [1.165, 1.54) is 11.8 Å². The van der Waals surface area contributed by atoms with E-state index in [-0.39, 0.29) is 18.2 Å². The molecule has 2 amide bonds. The fourth-order valence-electron chi connectivity index (χ4n) is 2.75. The van der Waals surface area contributed by atoms with E-state index in [0.717, 1.165) is 11.3 Å². The minimum Gasteiger partial charge on any atom is -0.326 e. The molecule has 1 unspecified atom stereocenters. The second-order valence-corrected chi connectivity index (χ2v) is 7.82. The summed E-state index contributed by atoms with van der Waals surface area (Å²) in [6.45, 7) is 5.90. The number of nitrogens with zero attached hydrogens (tertiary/aromatic N) is 2. The molecular formula is C21H20ClN3O2S. The van der Waals surface area contributed by atoms with E-state index in [0.29, 0.717) is 22.4 Å². The van der Waals surface area contributed by atoms with Crippen molar-refractivity contribution in [3.05, 3.63) is 71.8 Å². The lowest BCUT2D eigenvalue weighted by Gasteiger charge is -2.14. The fraction of sp³-hybridized carbons (Fsp3) is 0.190. The maximum atomic E-state index is 12.8. The van der Waals surface area contributed by atoms with E-state index < -0.39 is 5.25 Å². The summed E-state index contributed by atoms with van der Waals surface area (Å²) in [5.74, 6) is -0.381. The van der Waals surface area contributed by atoms with E-state index >= 15 is 0 Å². The summed E-state index contributed by atoms with van der Waals surface area (Å²) in [4.78, 5) is 31.4. The zero-order valence-corrected chi connectivity index (χ0v) is 17.0. The standard InChI is InChI=1S/C21H20ClN3O2S/c1-3-12-25-20(27)18(28-21(25)23-15-8-5-4-6-9-15)13-19(26)24-17-11-7-10-16(22)14(17)2/h3-11,18H,1,12-13H2,2H3,(H,24,26). The number of para-hydroxylation sites is 1. The summed E-state index contributed by atoms with van der Waals surface area (Å²) in [5, 5.41) is 3.48. The Bertz CT molecular complexity index is 931. The van der Waals surface area contributed by atoms with Gasteiger partial charge in [-0.15, -0.1) is 6.58 Å². The molecular weight excluding hydrogens is 394 g/mol. The zero-order valence-electron chi connectivity index (χ0n) is 15.4. The van der Waals surface area contributed by atoms with Crippen LogP contribution in [0.5, 0.6) is 0 Å². The van der Waals surface area contributed by atoms with E-state index in [9.17, 15) is 9.59 Å². The van der Waals surface area contributed by atoms with Crippen LogP contribution < -0.4 is 5.32 Å². The molecule has 1 aliphatic rings. The van der Waals surface area contributed by atoms with Gasteiger partial charge in [-0.05, 0) is 36.8 Å². The highest BCUT2D eigenvalue weighted by atomic mass is 35.5. The molecule has 3 rings (SSSR count). The van der Waals surface area contributed by atoms with Gasteiger partial charge in [0.05, 0.1) is 5.69 Å². The van der Waals surface area contributed by atoms with Crippen LogP contribution in [0.15, 0.2) is 66.2 Å². The average Bonchev–Trinajstić information content (AvgIpc) is 2.95.